The molecule has 2 heterocycles. The highest BCUT2D eigenvalue weighted by atomic mass is 32.1. The zero-order valence-corrected chi connectivity index (χ0v) is 14.2. The Kier molecular flexibility index (Phi) is 3.77. The van der Waals surface area contributed by atoms with Gasteiger partial charge in [0.1, 0.15) is 6.54 Å². The maximum atomic E-state index is 12.4. The van der Waals surface area contributed by atoms with Crippen LogP contribution in [0.3, 0.4) is 0 Å². The van der Waals surface area contributed by atoms with E-state index in [9.17, 15) is 9.59 Å². The summed E-state index contributed by atoms with van der Waals surface area (Å²) < 4.78 is 2.17. The van der Waals surface area contributed by atoms with Gasteiger partial charge in [-0.25, -0.2) is 9.67 Å². The summed E-state index contributed by atoms with van der Waals surface area (Å²) >= 11 is 1.41. The van der Waals surface area contributed by atoms with E-state index in [2.05, 4.69) is 15.4 Å². The van der Waals surface area contributed by atoms with E-state index in [1.54, 1.807) is 18.3 Å². The Balaban J connectivity index is 1.58. The van der Waals surface area contributed by atoms with Gasteiger partial charge in [0.15, 0.2) is 5.13 Å². The lowest BCUT2D eigenvalue weighted by Gasteiger charge is -2.05. The lowest BCUT2D eigenvalue weighted by molar-refractivity contribution is -0.117. The molecule has 4 rings (SSSR count). The minimum absolute atomic E-state index is 0.154. The molecule has 2 aromatic heterocycles. The van der Waals surface area contributed by atoms with E-state index in [0.29, 0.717) is 10.5 Å². The van der Waals surface area contributed by atoms with E-state index < -0.39 is 0 Å². The van der Waals surface area contributed by atoms with E-state index in [4.69, 9.17) is 0 Å². The minimum atomic E-state index is -0.332. The number of nitrogens with one attached hydrogen (secondary N) is 1. The molecule has 0 spiro atoms. The number of nitrogens with zero attached hydrogens (tertiary/aromatic N) is 3. The molecule has 0 saturated heterocycles. The largest absolute Gasteiger partial charge is 0.300 e. The number of aryl methyl sites for hydroxylation is 1. The average Bonchev–Trinajstić information content (AvgIpc) is 3.01. The standard InChI is InChI=1S/C18H14N4O2S/c1-11-5-4-8-14-16(11)21-18(25-14)20-15(23)10-22-17(24)13-7-3-2-6-12(13)9-19-22/h2-9H,10H2,1H3,(H,20,21,23). The zero-order chi connectivity index (χ0) is 17.4. The SMILES string of the molecule is Cc1cccc2sc(NC(=O)Cn3ncc4ccccc4c3=O)nc12. The van der Waals surface area contributed by atoms with Gasteiger partial charge in [-0.3, -0.25) is 9.59 Å². The number of rotatable bonds is 3. The van der Waals surface area contributed by atoms with Crippen LogP contribution in [0.25, 0.3) is 21.0 Å². The van der Waals surface area contributed by atoms with E-state index in [1.165, 1.54) is 11.3 Å². The Morgan fingerprint density at radius 1 is 1.20 bits per heavy atom. The van der Waals surface area contributed by atoms with Crippen molar-refractivity contribution in [2.45, 2.75) is 13.5 Å². The van der Waals surface area contributed by atoms with Crippen molar-refractivity contribution < 1.29 is 4.79 Å². The molecule has 0 aliphatic heterocycles. The van der Waals surface area contributed by atoms with Gasteiger partial charge in [-0.2, -0.15) is 5.10 Å². The third-order valence-corrected chi connectivity index (χ3v) is 4.86. The average molecular weight is 350 g/mol. The molecule has 1 amide bonds. The molecule has 7 heteroatoms. The summed E-state index contributed by atoms with van der Waals surface area (Å²) in [7, 11) is 0. The molecule has 6 nitrogen and oxygen atoms in total. The maximum absolute atomic E-state index is 12.4. The number of carbonyl (C=O) groups is 1. The third kappa shape index (κ3) is 2.89. The molecule has 0 bridgehead atoms. The van der Waals surface area contributed by atoms with E-state index in [0.717, 1.165) is 25.8 Å². The molecule has 0 radical (unpaired) electrons. The predicted molar refractivity (Wildman–Crippen MR) is 99.0 cm³/mol. The summed E-state index contributed by atoms with van der Waals surface area (Å²) in [5.41, 5.74) is 1.65. The fourth-order valence-electron chi connectivity index (χ4n) is 2.67. The Hall–Kier alpha value is -3.06. The molecule has 2 aromatic carbocycles. The van der Waals surface area contributed by atoms with Crippen molar-refractivity contribution in [3.05, 3.63) is 64.6 Å². The lowest BCUT2D eigenvalue weighted by Crippen LogP contribution is -2.29. The smallest absolute Gasteiger partial charge is 0.275 e. The zero-order valence-electron chi connectivity index (χ0n) is 13.4. The van der Waals surface area contributed by atoms with Gasteiger partial charge in [0, 0.05) is 5.39 Å². The van der Waals surface area contributed by atoms with Crippen LogP contribution in [0.15, 0.2) is 53.5 Å². The number of benzene rings is 2. The second kappa shape index (κ2) is 6.10. The first kappa shape index (κ1) is 15.5. The van der Waals surface area contributed by atoms with Crippen LogP contribution >= 0.6 is 11.3 Å². The van der Waals surface area contributed by atoms with Gasteiger partial charge in [-0.05, 0) is 24.6 Å². The number of amides is 1. The predicted octanol–water partition coefficient (Wildman–Crippen LogP) is 2.95. The third-order valence-electron chi connectivity index (χ3n) is 3.92. The maximum Gasteiger partial charge on any atom is 0.275 e. The van der Waals surface area contributed by atoms with Gasteiger partial charge in [0.2, 0.25) is 5.91 Å². The summed E-state index contributed by atoms with van der Waals surface area (Å²) in [5, 5.41) is 8.64. The number of para-hydroxylation sites is 1. The topological polar surface area (TPSA) is 76.9 Å². The van der Waals surface area contributed by atoms with Crippen molar-refractivity contribution >= 4 is 43.4 Å². The van der Waals surface area contributed by atoms with Crippen molar-refractivity contribution in [2.24, 2.45) is 0 Å². The molecule has 0 saturated carbocycles. The van der Waals surface area contributed by atoms with E-state index >= 15 is 0 Å². The molecule has 124 valence electrons. The summed E-state index contributed by atoms with van der Waals surface area (Å²) in [6.07, 6.45) is 1.59. The quantitative estimate of drug-likeness (QED) is 0.616. The highest BCUT2D eigenvalue weighted by Crippen LogP contribution is 2.27. The van der Waals surface area contributed by atoms with Crippen LogP contribution in [0.2, 0.25) is 0 Å². The number of hydrogen-bond donors (Lipinski definition) is 1. The van der Waals surface area contributed by atoms with Crippen molar-refractivity contribution in [1.82, 2.24) is 14.8 Å². The van der Waals surface area contributed by atoms with Crippen LogP contribution in [-0.4, -0.2) is 20.7 Å². The van der Waals surface area contributed by atoms with Gasteiger partial charge in [-0.1, -0.05) is 41.7 Å². The molecule has 0 aliphatic rings. The van der Waals surface area contributed by atoms with Crippen LogP contribution in [-0.2, 0) is 11.3 Å². The van der Waals surface area contributed by atoms with E-state index in [1.807, 2.05) is 37.3 Å². The molecule has 0 unspecified atom stereocenters. The number of aromatic nitrogens is 3. The van der Waals surface area contributed by atoms with Crippen molar-refractivity contribution in [1.29, 1.82) is 0 Å². The molecule has 0 fully saturated rings. The molecular formula is C18H14N4O2S. The van der Waals surface area contributed by atoms with Crippen LogP contribution in [0, 0.1) is 6.92 Å². The Morgan fingerprint density at radius 3 is 2.88 bits per heavy atom. The number of thiazole rings is 1. The minimum Gasteiger partial charge on any atom is -0.300 e. The second-order valence-electron chi connectivity index (χ2n) is 5.68. The Morgan fingerprint density at radius 2 is 2.04 bits per heavy atom. The van der Waals surface area contributed by atoms with Crippen LogP contribution in [0.4, 0.5) is 5.13 Å². The number of hydrogen-bond acceptors (Lipinski definition) is 5. The first-order valence-corrected chi connectivity index (χ1v) is 8.54. The normalized spacial score (nSPS) is 11.1. The molecular weight excluding hydrogens is 336 g/mol. The summed E-state index contributed by atoms with van der Waals surface area (Å²) in [4.78, 5) is 29.1. The van der Waals surface area contributed by atoms with Gasteiger partial charge in [-0.15, -0.1) is 0 Å². The highest BCUT2D eigenvalue weighted by Gasteiger charge is 2.12. The Labute approximate surface area is 146 Å². The number of carbonyl (C=O) groups excluding carboxylic acids is 1. The van der Waals surface area contributed by atoms with Crippen molar-refractivity contribution in [2.75, 3.05) is 5.32 Å². The Bertz CT molecular complexity index is 1160. The fourth-order valence-corrected chi connectivity index (χ4v) is 3.63. The summed E-state index contributed by atoms with van der Waals surface area (Å²) in [6.45, 7) is 1.82. The fraction of sp³-hybridized carbons (Fsp3) is 0.111. The van der Waals surface area contributed by atoms with Gasteiger partial charge >= 0.3 is 0 Å². The summed E-state index contributed by atoms with van der Waals surface area (Å²) in [6, 6.07) is 13.1. The molecule has 0 atom stereocenters. The molecule has 4 aromatic rings. The van der Waals surface area contributed by atoms with Crippen molar-refractivity contribution in [3.8, 4) is 0 Å². The second-order valence-corrected chi connectivity index (χ2v) is 6.71. The highest BCUT2D eigenvalue weighted by molar-refractivity contribution is 7.22. The van der Waals surface area contributed by atoms with Gasteiger partial charge in [0.05, 0.1) is 21.8 Å². The first-order valence-electron chi connectivity index (χ1n) is 7.73. The molecule has 25 heavy (non-hydrogen) atoms. The monoisotopic (exact) mass is 350 g/mol. The number of fused-ring (bicyclic) bond motifs is 2. The molecule has 0 aliphatic carbocycles. The van der Waals surface area contributed by atoms with Crippen LogP contribution in [0.1, 0.15) is 5.56 Å². The van der Waals surface area contributed by atoms with Crippen LogP contribution in [0.5, 0.6) is 0 Å². The first-order chi connectivity index (χ1) is 12.1. The molecule has 1 N–H and O–H groups in total. The van der Waals surface area contributed by atoms with E-state index in [-0.39, 0.29) is 18.0 Å². The van der Waals surface area contributed by atoms with Gasteiger partial charge in [0.25, 0.3) is 5.56 Å². The van der Waals surface area contributed by atoms with Crippen LogP contribution < -0.4 is 10.9 Å². The van der Waals surface area contributed by atoms with Crippen molar-refractivity contribution in [3.63, 3.8) is 0 Å². The lowest BCUT2D eigenvalue weighted by atomic mass is 10.2. The summed E-state index contributed by atoms with van der Waals surface area (Å²) in [5.74, 6) is -0.332. The van der Waals surface area contributed by atoms with Gasteiger partial charge < -0.3 is 5.32 Å². The number of anilines is 1.